The van der Waals surface area contributed by atoms with E-state index in [1.165, 1.54) is 0 Å². The summed E-state index contributed by atoms with van der Waals surface area (Å²) in [6, 6.07) is 0. The summed E-state index contributed by atoms with van der Waals surface area (Å²) in [5, 5.41) is 6.47. The van der Waals surface area contributed by atoms with E-state index in [2.05, 4.69) is 33.7 Å². The zero-order chi connectivity index (χ0) is 12.1. The number of allylic oxidation sites excluding steroid dienone is 1. The van der Waals surface area contributed by atoms with Crippen LogP contribution in [0.1, 0.15) is 19.3 Å². The standard InChI is InChI=1S/C7H9ClO2.Cl3OP/c8-7-2-1-6(10)3-5(7)4-9;1-5(2,3)4/h4,6,10H,1-3H2;. The molecule has 1 aliphatic rings. The first-order valence-corrected chi connectivity index (χ1v) is 8.73. The van der Waals surface area contributed by atoms with Crippen LogP contribution in [0.3, 0.4) is 0 Å². The van der Waals surface area contributed by atoms with Crippen molar-refractivity contribution in [3.63, 3.8) is 0 Å². The highest BCUT2D eigenvalue weighted by Crippen LogP contribution is 2.61. The second-order valence-electron chi connectivity index (χ2n) is 2.84. The van der Waals surface area contributed by atoms with Crippen molar-refractivity contribution in [2.45, 2.75) is 25.4 Å². The lowest BCUT2D eigenvalue weighted by Crippen LogP contribution is -2.13. The fraction of sp³-hybridized carbons (Fsp3) is 0.571. The van der Waals surface area contributed by atoms with Gasteiger partial charge in [0.2, 0.25) is 0 Å². The maximum atomic E-state index is 10.3. The molecule has 1 unspecified atom stereocenters. The van der Waals surface area contributed by atoms with E-state index in [9.17, 15) is 9.36 Å². The van der Waals surface area contributed by atoms with Crippen LogP contribution in [0.25, 0.3) is 0 Å². The van der Waals surface area contributed by atoms with E-state index in [1.807, 2.05) is 0 Å². The van der Waals surface area contributed by atoms with Gasteiger partial charge in [-0.25, -0.2) is 0 Å². The molecule has 0 aromatic carbocycles. The van der Waals surface area contributed by atoms with Gasteiger partial charge in [0, 0.05) is 17.0 Å². The van der Waals surface area contributed by atoms with Gasteiger partial charge < -0.3 is 5.11 Å². The summed E-state index contributed by atoms with van der Waals surface area (Å²) in [4.78, 5) is 10.3. The van der Waals surface area contributed by atoms with E-state index in [-0.39, 0.29) is 6.10 Å². The molecule has 0 bridgehead atoms. The molecule has 88 valence electrons. The van der Waals surface area contributed by atoms with Crippen LogP contribution in [0.2, 0.25) is 0 Å². The third-order valence-electron chi connectivity index (χ3n) is 1.64. The van der Waals surface area contributed by atoms with E-state index in [0.717, 1.165) is 6.29 Å². The highest BCUT2D eigenvalue weighted by atomic mass is 36.0. The number of hydrogen-bond acceptors (Lipinski definition) is 3. The van der Waals surface area contributed by atoms with Crippen LogP contribution >= 0.6 is 50.5 Å². The molecule has 0 aliphatic heterocycles. The smallest absolute Gasteiger partial charge is 0.339 e. The number of halogens is 4. The normalized spacial score (nSPS) is 21.8. The molecule has 0 fully saturated rings. The van der Waals surface area contributed by atoms with Gasteiger partial charge in [-0.15, -0.1) is 0 Å². The van der Waals surface area contributed by atoms with Gasteiger partial charge in [-0.3, -0.25) is 9.36 Å². The van der Waals surface area contributed by atoms with E-state index in [4.69, 9.17) is 16.7 Å². The molecular formula is C7H9Cl4O3P. The third-order valence-corrected chi connectivity index (χ3v) is 2.08. The van der Waals surface area contributed by atoms with Gasteiger partial charge in [-0.1, -0.05) is 11.6 Å². The highest BCUT2D eigenvalue weighted by Gasteiger charge is 2.16. The lowest BCUT2D eigenvalue weighted by atomic mass is 9.98. The largest absolute Gasteiger partial charge is 0.393 e. The van der Waals surface area contributed by atoms with Crippen LogP contribution in [0, 0.1) is 0 Å². The molecule has 1 aliphatic carbocycles. The zero-order valence-corrected chi connectivity index (χ0v) is 11.4. The molecular weight excluding hydrogens is 305 g/mol. The molecule has 0 aromatic rings. The average molecular weight is 314 g/mol. The van der Waals surface area contributed by atoms with Gasteiger partial charge in [0.1, 0.15) is 6.29 Å². The Morgan fingerprint density at radius 2 is 1.87 bits per heavy atom. The molecule has 0 heterocycles. The minimum atomic E-state index is -3.22. The Morgan fingerprint density at radius 3 is 2.20 bits per heavy atom. The molecule has 0 saturated carbocycles. The number of aliphatic hydroxyl groups is 1. The van der Waals surface area contributed by atoms with Crippen molar-refractivity contribution < 1.29 is 14.5 Å². The van der Waals surface area contributed by atoms with Gasteiger partial charge in [0.05, 0.1) is 6.10 Å². The molecule has 0 saturated heterocycles. The predicted molar refractivity (Wildman–Crippen MR) is 64.0 cm³/mol. The van der Waals surface area contributed by atoms with E-state index in [1.54, 1.807) is 0 Å². The van der Waals surface area contributed by atoms with E-state index >= 15 is 0 Å². The first-order valence-electron chi connectivity index (χ1n) is 3.93. The number of aliphatic hydroxyl groups excluding tert-OH is 1. The molecule has 1 N–H and O–H groups in total. The Kier molecular flexibility index (Phi) is 7.52. The molecule has 0 radical (unpaired) electrons. The maximum Gasteiger partial charge on any atom is 0.339 e. The van der Waals surface area contributed by atoms with Crippen molar-refractivity contribution in [1.82, 2.24) is 0 Å². The Balaban J connectivity index is 0.000000336. The number of hydrogen-bond donors (Lipinski definition) is 1. The van der Waals surface area contributed by atoms with Gasteiger partial charge in [-0.05, 0) is 46.6 Å². The fourth-order valence-electron chi connectivity index (χ4n) is 1.03. The quantitative estimate of drug-likeness (QED) is 0.587. The van der Waals surface area contributed by atoms with E-state index < -0.39 is 5.20 Å². The van der Waals surface area contributed by atoms with Gasteiger partial charge in [-0.2, -0.15) is 0 Å². The van der Waals surface area contributed by atoms with Gasteiger partial charge in [0.15, 0.2) is 0 Å². The topological polar surface area (TPSA) is 54.4 Å². The Labute approximate surface area is 107 Å². The van der Waals surface area contributed by atoms with Crippen LogP contribution in [0.4, 0.5) is 0 Å². The van der Waals surface area contributed by atoms with Gasteiger partial charge in [0.25, 0.3) is 0 Å². The molecule has 3 nitrogen and oxygen atoms in total. The second-order valence-corrected chi connectivity index (χ2v) is 9.94. The fourth-order valence-corrected chi connectivity index (χ4v) is 1.26. The summed E-state index contributed by atoms with van der Waals surface area (Å²) >= 11 is 19.5. The van der Waals surface area contributed by atoms with Crippen molar-refractivity contribution in [3.8, 4) is 0 Å². The van der Waals surface area contributed by atoms with E-state index in [0.29, 0.717) is 29.9 Å². The van der Waals surface area contributed by atoms with Crippen LogP contribution in [0.15, 0.2) is 10.6 Å². The molecule has 1 rings (SSSR count). The van der Waals surface area contributed by atoms with Crippen molar-refractivity contribution >= 4 is 56.8 Å². The third kappa shape index (κ3) is 9.68. The molecule has 0 aromatic heterocycles. The maximum absolute atomic E-state index is 10.3. The number of carbonyl (C=O) groups is 1. The first-order chi connectivity index (χ1) is 6.74. The molecule has 0 amide bonds. The summed E-state index contributed by atoms with van der Waals surface area (Å²) in [5.41, 5.74) is 0.556. The lowest BCUT2D eigenvalue weighted by molar-refractivity contribution is -0.105. The van der Waals surface area contributed by atoms with Crippen molar-refractivity contribution in [2.75, 3.05) is 0 Å². The molecule has 15 heavy (non-hydrogen) atoms. The van der Waals surface area contributed by atoms with Crippen molar-refractivity contribution in [1.29, 1.82) is 0 Å². The van der Waals surface area contributed by atoms with Crippen LogP contribution < -0.4 is 0 Å². The second kappa shape index (κ2) is 7.16. The Hall–Kier alpha value is 0.760. The highest BCUT2D eigenvalue weighted by molar-refractivity contribution is 8.24. The molecule has 0 spiro atoms. The Morgan fingerprint density at radius 1 is 1.40 bits per heavy atom. The summed E-state index contributed by atoms with van der Waals surface area (Å²) in [6.07, 6.45) is 2.09. The van der Waals surface area contributed by atoms with Crippen molar-refractivity contribution in [2.24, 2.45) is 0 Å². The van der Waals surface area contributed by atoms with Crippen LogP contribution in [0.5, 0.6) is 0 Å². The number of aldehydes is 1. The zero-order valence-electron chi connectivity index (χ0n) is 7.50. The first kappa shape index (κ1) is 15.8. The van der Waals surface area contributed by atoms with Gasteiger partial charge >= 0.3 is 5.20 Å². The minimum Gasteiger partial charge on any atom is -0.393 e. The summed E-state index contributed by atoms with van der Waals surface area (Å²) in [7, 11) is 0. The van der Waals surface area contributed by atoms with Crippen LogP contribution in [-0.2, 0) is 9.36 Å². The summed E-state index contributed by atoms with van der Waals surface area (Å²) < 4.78 is 9.51. The Bertz CT molecular complexity index is 290. The molecule has 1 atom stereocenters. The molecule has 8 heteroatoms. The summed E-state index contributed by atoms with van der Waals surface area (Å²) in [5.74, 6) is 0. The minimum absolute atomic E-state index is 0.373. The monoisotopic (exact) mass is 312 g/mol. The SMILES string of the molecule is O=CC1=C(Cl)CCC(O)C1.O=P(Cl)(Cl)Cl. The lowest BCUT2D eigenvalue weighted by Gasteiger charge is -2.16. The average Bonchev–Trinajstić information content (AvgIpc) is 2.06. The van der Waals surface area contributed by atoms with Crippen molar-refractivity contribution in [3.05, 3.63) is 10.6 Å². The van der Waals surface area contributed by atoms with Crippen LogP contribution in [-0.4, -0.2) is 17.5 Å². The summed E-state index contributed by atoms with van der Waals surface area (Å²) in [6.45, 7) is 0. The predicted octanol–water partition coefficient (Wildman–Crippen LogP) is 4.03. The number of carbonyl (C=O) groups excluding carboxylic acids is 1. The number of rotatable bonds is 1.